The third-order valence-electron chi connectivity index (χ3n) is 2.95. The average Bonchev–Trinajstić information content (AvgIpc) is 2.34. The van der Waals surface area contributed by atoms with Crippen LogP contribution in [0.3, 0.4) is 0 Å². The molecule has 0 spiro atoms. The number of carbonyl (C=O) groups excluding carboxylic acids is 1. The second kappa shape index (κ2) is 6.26. The van der Waals surface area contributed by atoms with Crippen molar-refractivity contribution in [2.45, 2.75) is 33.4 Å². The first kappa shape index (κ1) is 15.8. The molecule has 0 unspecified atom stereocenters. The molecule has 1 rings (SSSR count). The Morgan fingerprint density at radius 3 is 2.63 bits per heavy atom. The lowest BCUT2D eigenvalue weighted by Gasteiger charge is -2.26. The number of carbonyl (C=O) groups is 1. The molecular formula is C14H21ClN2O2. The zero-order chi connectivity index (χ0) is 14.6. The van der Waals surface area contributed by atoms with Crippen molar-refractivity contribution in [2.24, 2.45) is 11.1 Å². The molecule has 0 saturated heterocycles. The number of hydrogen-bond donors (Lipinski definition) is 2. The van der Waals surface area contributed by atoms with Gasteiger partial charge in [0.15, 0.2) is 0 Å². The van der Waals surface area contributed by atoms with Crippen molar-refractivity contribution < 1.29 is 9.53 Å². The van der Waals surface area contributed by atoms with Gasteiger partial charge in [0.05, 0.1) is 13.2 Å². The predicted molar refractivity (Wildman–Crippen MR) is 77.3 cm³/mol. The summed E-state index contributed by atoms with van der Waals surface area (Å²) in [4.78, 5) is 12.0. The molecule has 5 heteroatoms. The molecule has 0 fully saturated rings. The van der Waals surface area contributed by atoms with E-state index in [1.807, 2.05) is 20.8 Å². The third kappa shape index (κ3) is 4.11. The van der Waals surface area contributed by atoms with Gasteiger partial charge in [-0.3, -0.25) is 4.79 Å². The number of halogens is 1. The lowest BCUT2D eigenvalue weighted by molar-refractivity contribution is -0.124. The summed E-state index contributed by atoms with van der Waals surface area (Å²) in [7, 11) is 1.57. The van der Waals surface area contributed by atoms with Gasteiger partial charge in [0.2, 0.25) is 5.91 Å². The molecule has 1 amide bonds. The number of ether oxygens (including phenoxy) is 1. The predicted octanol–water partition coefficient (Wildman–Crippen LogP) is 2.34. The first-order valence-electron chi connectivity index (χ1n) is 6.12. The maximum absolute atomic E-state index is 12.0. The second-order valence-corrected chi connectivity index (χ2v) is 5.89. The Balaban J connectivity index is 2.75. The fraction of sp³-hybridized carbons (Fsp3) is 0.500. The van der Waals surface area contributed by atoms with Gasteiger partial charge in [-0.05, 0) is 17.5 Å². The van der Waals surface area contributed by atoms with Crippen LogP contribution in [0.1, 0.15) is 26.3 Å². The van der Waals surface area contributed by atoms with E-state index in [1.165, 1.54) is 0 Å². The van der Waals surface area contributed by atoms with E-state index in [0.29, 0.717) is 17.3 Å². The van der Waals surface area contributed by atoms with E-state index in [2.05, 4.69) is 5.32 Å². The zero-order valence-corrected chi connectivity index (χ0v) is 12.5. The smallest absolute Gasteiger partial charge is 0.237 e. The summed E-state index contributed by atoms with van der Waals surface area (Å²) in [6, 6.07) is 4.79. The Labute approximate surface area is 119 Å². The third-order valence-corrected chi connectivity index (χ3v) is 3.30. The topological polar surface area (TPSA) is 64.3 Å². The molecule has 0 heterocycles. The van der Waals surface area contributed by atoms with Crippen LogP contribution in [0.2, 0.25) is 5.02 Å². The molecule has 0 bridgehead atoms. The van der Waals surface area contributed by atoms with Gasteiger partial charge in [-0.2, -0.15) is 0 Å². The number of nitrogens with two attached hydrogens (primary N) is 1. The molecule has 0 aliphatic rings. The van der Waals surface area contributed by atoms with Crippen LogP contribution < -0.4 is 15.8 Å². The fourth-order valence-electron chi connectivity index (χ4n) is 1.58. The number of hydrogen-bond acceptors (Lipinski definition) is 3. The standard InChI is InChI=1S/C14H21ClN2O2/c1-14(2,3)12(16)13(18)17-8-9-10(15)6-5-7-11(9)19-4/h5-7,12H,8,16H2,1-4H3,(H,17,18)/t12-/m0/s1. The summed E-state index contributed by atoms with van der Waals surface area (Å²) in [6.07, 6.45) is 0. The van der Waals surface area contributed by atoms with Crippen LogP contribution in [0.4, 0.5) is 0 Å². The zero-order valence-electron chi connectivity index (χ0n) is 11.8. The van der Waals surface area contributed by atoms with Gasteiger partial charge >= 0.3 is 0 Å². The summed E-state index contributed by atoms with van der Waals surface area (Å²) in [5, 5.41) is 3.35. The Morgan fingerprint density at radius 2 is 2.11 bits per heavy atom. The van der Waals surface area contributed by atoms with Crippen LogP contribution >= 0.6 is 11.6 Å². The van der Waals surface area contributed by atoms with Crippen molar-refractivity contribution >= 4 is 17.5 Å². The minimum Gasteiger partial charge on any atom is -0.496 e. The maximum atomic E-state index is 12.0. The second-order valence-electron chi connectivity index (χ2n) is 5.48. The number of amides is 1. The summed E-state index contributed by atoms with van der Waals surface area (Å²) in [5.41, 5.74) is 6.36. The van der Waals surface area contributed by atoms with Gasteiger partial charge in [0, 0.05) is 17.1 Å². The van der Waals surface area contributed by atoms with Gasteiger partial charge in [-0.1, -0.05) is 38.4 Å². The first-order valence-corrected chi connectivity index (χ1v) is 6.50. The van der Waals surface area contributed by atoms with E-state index in [1.54, 1.807) is 25.3 Å². The number of benzene rings is 1. The first-order chi connectivity index (χ1) is 8.77. The molecule has 0 aliphatic carbocycles. The molecule has 3 N–H and O–H groups in total. The minimum atomic E-state index is -0.569. The van der Waals surface area contributed by atoms with Gasteiger partial charge in [0.25, 0.3) is 0 Å². The van der Waals surface area contributed by atoms with Crippen LogP contribution in [0, 0.1) is 5.41 Å². The van der Waals surface area contributed by atoms with Gasteiger partial charge in [-0.25, -0.2) is 0 Å². The summed E-state index contributed by atoms with van der Waals surface area (Å²) in [6.45, 7) is 6.07. The van der Waals surface area contributed by atoms with Gasteiger partial charge in [0.1, 0.15) is 5.75 Å². The lowest BCUT2D eigenvalue weighted by Crippen LogP contribution is -2.48. The van der Waals surface area contributed by atoms with Crippen LogP contribution in [0.5, 0.6) is 5.75 Å². The molecule has 0 radical (unpaired) electrons. The van der Waals surface area contributed by atoms with E-state index in [4.69, 9.17) is 22.1 Å². The maximum Gasteiger partial charge on any atom is 0.237 e. The van der Waals surface area contributed by atoms with E-state index >= 15 is 0 Å². The summed E-state index contributed by atoms with van der Waals surface area (Å²) in [5.74, 6) is 0.451. The van der Waals surface area contributed by atoms with Crippen molar-refractivity contribution in [2.75, 3.05) is 7.11 Å². The molecule has 106 valence electrons. The number of rotatable bonds is 4. The number of nitrogens with one attached hydrogen (secondary N) is 1. The molecule has 1 atom stereocenters. The molecule has 0 aliphatic heterocycles. The highest BCUT2D eigenvalue weighted by atomic mass is 35.5. The molecule has 0 saturated carbocycles. The van der Waals surface area contributed by atoms with Gasteiger partial charge < -0.3 is 15.8 Å². The SMILES string of the molecule is COc1cccc(Cl)c1CNC(=O)[C@H](N)C(C)(C)C. The average molecular weight is 285 g/mol. The fourth-order valence-corrected chi connectivity index (χ4v) is 1.81. The molecule has 4 nitrogen and oxygen atoms in total. The van der Waals surface area contributed by atoms with Crippen molar-refractivity contribution in [3.63, 3.8) is 0 Å². The Morgan fingerprint density at radius 1 is 1.47 bits per heavy atom. The van der Waals surface area contributed by atoms with E-state index in [-0.39, 0.29) is 11.3 Å². The highest BCUT2D eigenvalue weighted by molar-refractivity contribution is 6.31. The molecule has 0 aromatic heterocycles. The molecular weight excluding hydrogens is 264 g/mol. The lowest BCUT2D eigenvalue weighted by atomic mass is 9.87. The molecule has 1 aromatic rings. The largest absolute Gasteiger partial charge is 0.496 e. The van der Waals surface area contributed by atoms with Crippen molar-refractivity contribution in [1.29, 1.82) is 0 Å². The Kier molecular flexibility index (Phi) is 5.20. The molecule has 1 aromatic carbocycles. The summed E-state index contributed by atoms with van der Waals surface area (Å²) < 4.78 is 5.22. The van der Waals surface area contributed by atoms with Crippen LogP contribution in [-0.2, 0) is 11.3 Å². The monoisotopic (exact) mass is 284 g/mol. The quantitative estimate of drug-likeness (QED) is 0.892. The number of methoxy groups -OCH3 is 1. The Bertz CT molecular complexity index is 455. The van der Waals surface area contributed by atoms with Crippen molar-refractivity contribution in [3.05, 3.63) is 28.8 Å². The Hall–Kier alpha value is -1.26. The van der Waals surface area contributed by atoms with Crippen molar-refractivity contribution in [1.82, 2.24) is 5.32 Å². The normalized spacial score (nSPS) is 12.9. The van der Waals surface area contributed by atoms with Gasteiger partial charge in [-0.15, -0.1) is 0 Å². The van der Waals surface area contributed by atoms with Crippen LogP contribution in [-0.4, -0.2) is 19.1 Å². The van der Waals surface area contributed by atoms with E-state index < -0.39 is 6.04 Å². The highest BCUT2D eigenvalue weighted by Gasteiger charge is 2.27. The van der Waals surface area contributed by atoms with Crippen molar-refractivity contribution in [3.8, 4) is 5.75 Å². The minimum absolute atomic E-state index is 0.200. The van der Waals surface area contributed by atoms with E-state index in [0.717, 1.165) is 5.56 Å². The van der Waals surface area contributed by atoms with E-state index in [9.17, 15) is 4.79 Å². The highest BCUT2D eigenvalue weighted by Crippen LogP contribution is 2.26. The molecule has 19 heavy (non-hydrogen) atoms. The van der Waals surface area contributed by atoms with Crippen LogP contribution in [0.15, 0.2) is 18.2 Å². The summed E-state index contributed by atoms with van der Waals surface area (Å²) >= 11 is 6.10. The van der Waals surface area contributed by atoms with Crippen LogP contribution in [0.25, 0.3) is 0 Å².